The first-order chi connectivity index (χ1) is 12.6. The molecule has 0 unspecified atom stereocenters. The van der Waals surface area contributed by atoms with Gasteiger partial charge in [-0.05, 0) is 30.8 Å². The first-order valence-corrected chi connectivity index (χ1v) is 8.78. The highest BCUT2D eigenvalue weighted by Gasteiger charge is 2.14. The molecule has 1 heterocycles. The van der Waals surface area contributed by atoms with Crippen LogP contribution < -0.4 is 14.9 Å². The molecule has 0 atom stereocenters. The van der Waals surface area contributed by atoms with Crippen molar-refractivity contribution in [2.24, 2.45) is 0 Å². The van der Waals surface area contributed by atoms with Gasteiger partial charge < -0.3 is 14.9 Å². The van der Waals surface area contributed by atoms with Crippen molar-refractivity contribution in [2.75, 3.05) is 12.5 Å². The van der Waals surface area contributed by atoms with Crippen LogP contribution in [0.5, 0.6) is 11.5 Å². The highest BCUT2D eigenvalue weighted by Crippen LogP contribution is 2.35. The monoisotopic (exact) mass is 390 g/mol. The van der Waals surface area contributed by atoms with Gasteiger partial charge in [-0.25, -0.2) is 4.68 Å². The minimum absolute atomic E-state index is 0.427. The van der Waals surface area contributed by atoms with Crippen molar-refractivity contribution in [2.45, 2.75) is 20.1 Å². The van der Waals surface area contributed by atoms with Gasteiger partial charge in [0.25, 0.3) is 0 Å². The maximum Gasteiger partial charge on any atom is 0.214 e. The molecule has 1 aromatic heterocycles. The number of nitrogens with one attached hydrogen (secondary N) is 2. The van der Waals surface area contributed by atoms with Crippen LogP contribution in [0.4, 0.5) is 0 Å². The van der Waals surface area contributed by atoms with Gasteiger partial charge in [0.05, 0.1) is 13.7 Å². The lowest BCUT2D eigenvalue weighted by atomic mass is 10.1. The number of ether oxygens (including phenoxy) is 2. The summed E-state index contributed by atoms with van der Waals surface area (Å²) in [6, 6.07) is 13.5. The molecule has 3 aromatic rings. The van der Waals surface area contributed by atoms with E-state index in [0.29, 0.717) is 34.4 Å². The van der Waals surface area contributed by atoms with Crippen LogP contribution in [0.25, 0.3) is 0 Å². The van der Waals surface area contributed by atoms with E-state index in [9.17, 15) is 0 Å². The topological polar surface area (TPSA) is 64.1 Å². The van der Waals surface area contributed by atoms with Crippen molar-refractivity contribution in [3.8, 4) is 11.5 Å². The first kappa shape index (κ1) is 18.3. The molecule has 3 rings (SSSR count). The minimum atomic E-state index is 0.427. The van der Waals surface area contributed by atoms with Crippen LogP contribution in [0.2, 0.25) is 5.02 Å². The van der Waals surface area contributed by atoms with E-state index in [1.807, 2.05) is 43.3 Å². The lowest BCUT2D eigenvalue weighted by Crippen LogP contribution is -2.17. The molecule has 8 heteroatoms. The van der Waals surface area contributed by atoms with Crippen LogP contribution in [0.3, 0.4) is 0 Å². The summed E-state index contributed by atoms with van der Waals surface area (Å²) in [5, 5.41) is 7.39. The zero-order valence-electron chi connectivity index (χ0n) is 14.5. The summed E-state index contributed by atoms with van der Waals surface area (Å²) in [6.07, 6.45) is 0. The summed E-state index contributed by atoms with van der Waals surface area (Å²) in [7, 11) is 1.59. The van der Waals surface area contributed by atoms with Crippen molar-refractivity contribution >= 4 is 23.8 Å². The van der Waals surface area contributed by atoms with E-state index in [1.165, 1.54) is 0 Å². The van der Waals surface area contributed by atoms with Gasteiger partial charge in [0, 0.05) is 16.7 Å². The third-order valence-electron chi connectivity index (χ3n) is 3.81. The number of H-pyrrole nitrogens is 1. The van der Waals surface area contributed by atoms with E-state index >= 15 is 0 Å². The third-order valence-corrected chi connectivity index (χ3v) is 4.30. The number of aromatic amines is 1. The molecule has 0 aliphatic heterocycles. The van der Waals surface area contributed by atoms with Crippen molar-refractivity contribution < 1.29 is 9.47 Å². The highest BCUT2D eigenvalue weighted by molar-refractivity contribution is 7.71. The molecular weight excluding hydrogens is 372 g/mol. The average molecular weight is 391 g/mol. The van der Waals surface area contributed by atoms with Crippen LogP contribution in [-0.2, 0) is 13.2 Å². The Hall–Kier alpha value is -2.51. The largest absolute Gasteiger partial charge is 0.493 e. The number of aromatic nitrogens is 3. The fourth-order valence-corrected chi connectivity index (χ4v) is 3.00. The lowest BCUT2D eigenvalue weighted by molar-refractivity contribution is 0.281. The van der Waals surface area contributed by atoms with Gasteiger partial charge in [-0.1, -0.05) is 41.9 Å². The fraction of sp³-hybridized carbons (Fsp3) is 0.222. The molecular formula is C18H19ClN4O2S. The number of methoxy groups -OCH3 is 1. The summed E-state index contributed by atoms with van der Waals surface area (Å²) in [4.78, 5) is 0. The van der Waals surface area contributed by atoms with E-state index in [4.69, 9.17) is 33.3 Å². The Morgan fingerprint density at radius 2 is 2.04 bits per heavy atom. The van der Waals surface area contributed by atoms with Gasteiger partial charge >= 0.3 is 0 Å². The summed E-state index contributed by atoms with van der Waals surface area (Å²) in [6.45, 7) is 2.72. The predicted octanol–water partition coefficient (Wildman–Crippen LogP) is 4.23. The molecule has 2 aromatic carbocycles. The second-order valence-corrected chi connectivity index (χ2v) is 6.44. The van der Waals surface area contributed by atoms with Crippen molar-refractivity contribution in [1.82, 2.24) is 14.9 Å². The Bertz CT molecular complexity index is 940. The molecule has 0 amide bonds. The Morgan fingerprint density at radius 3 is 2.69 bits per heavy atom. The molecule has 2 N–H and O–H groups in total. The van der Waals surface area contributed by atoms with Gasteiger partial charge in [0.1, 0.15) is 12.4 Å². The number of hydrogen-bond acceptors (Lipinski definition) is 5. The van der Waals surface area contributed by atoms with Crippen LogP contribution in [0.1, 0.15) is 17.0 Å². The molecule has 136 valence electrons. The average Bonchev–Trinajstić information content (AvgIpc) is 2.97. The molecule has 0 saturated heterocycles. The van der Waals surface area contributed by atoms with Crippen LogP contribution in [0.15, 0.2) is 42.5 Å². The molecule has 0 saturated carbocycles. The molecule has 0 radical (unpaired) electrons. The van der Waals surface area contributed by atoms with Crippen molar-refractivity contribution in [3.05, 3.63) is 69.2 Å². The van der Waals surface area contributed by atoms with Crippen molar-refractivity contribution in [1.29, 1.82) is 0 Å². The number of hydrogen-bond donors (Lipinski definition) is 2. The molecule has 0 bridgehead atoms. The number of rotatable bonds is 7. The molecule has 0 aliphatic rings. The van der Waals surface area contributed by atoms with Crippen LogP contribution in [-0.4, -0.2) is 22.0 Å². The quantitative estimate of drug-likeness (QED) is 0.591. The Labute approximate surface area is 161 Å². The van der Waals surface area contributed by atoms with Gasteiger partial charge in [-0.15, -0.1) is 0 Å². The summed E-state index contributed by atoms with van der Waals surface area (Å²) in [5.41, 5.74) is 5.14. The van der Waals surface area contributed by atoms with E-state index in [1.54, 1.807) is 17.9 Å². The molecule has 0 fully saturated rings. The second-order valence-electron chi connectivity index (χ2n) is 5.62. The maximum atomic E-state index is 6.23. The smallest absolute Gasteiger partial charge is 0.214 e. The Balaban J connectivity index is 1.85. The fourth-order valence-electron chi connectivity index (χ4n) is 2.53. The van der Waals surface area contributed by atoms with Gasteiger partial charge in [0.2, 0.25) is 4.77 Å². The van der Waals surface area contributed by atoms with Crippen LogP contribution in [0, 0.1) is 11.7 Å². The zero-order chi connectivity index (χ0) is 18.5. The van der Waals surface area contributed by atoms with Gasteiger partial charge in [-0.2, -0.15) is 5.10 Å². The van der Waals surface area contributed by atoms with E-state index in [0.717, 1.165) is 17.0 Å². The summed E-state index contributed by atoms with van der Waals surface area (Å²) in [5.74, 6) is 1.95. The molecule has 0 spiro atoms. The molecule has 6 nitrogen and oxygen atoms in total. The maximum absolute atomic E-state index is 6.23. The van der Waals surface area contributed by atoms with E-state index in [2.05, 4.69) is 15.6 Å². The number of benzene rings is 2. The minimum Gasteiger partial charge on any atom is -0.493 e. The number of halogens is 1. The van der Waals surface area contributed by atoms with E-state index in [-0.39, 0.29) is 0 Å². The van der Waals surface area contributed by atoms with Gasteiger partial charge in [0.15, 0.2) is 11.5 Å². The lowest BCUT2D eigenvalue weighted by Gasteiger charge is -2.17. The van der Waals surface area contributed by atoms with Gasteiger partial charge in [-0.3, -0.25) is 5.10 Å². The standard InChI is InChI=1S/C18H19ClN4O2S/c1-12-21-22-18(26)23(12)20-10-14-8-15(19)9-16(24-2)17(14)25-11-13-6-4-3-5-7-13/h3-9,20H,10-11H2,1-2H3,(H,22,26). The number of aryl methyl sites for hydroxylation is 1. The third kappa shape index (κ3) is 4.17. The molecule has 26 heavy (non-hydrogen) atoms. The molecule has 0 aliphatic carbocycles. The Morgan fingerprint density at radius 1 is 1.27 bits per heavy atom. The highest BCUT2D eigenvalue weighted by atomic mass is 35.5. The van der Waals surface area contributed by atoms with Crippen LogP contribution >= 0.6 is 23.8 Å². The second kappa shape index (κ2) is 8.25. The van der Waals surface area contributed by atoms with Crippen molar-refractivity contribution in [3.63, 3.8) is 0 Å². The zero-order valence-corrected chi connectivity index (χ0v) is 16.0. The summed E-state index contributed by atoms with van der Waals surface area (Å²) < 4.78 is 13.7. The SMILES string of the molecule is COc1cc(Cl)cc(CNn2c(C)n[nH]c2=S)c1OCc1ccccc1. The normalized spacial score (nSPS) is 10.6. The Kier molecular flexibility index (Phi) is 5.80. The number of nitrogens with zero attached hydrogens (tertiary/aromatic N) is 2. The first-order valence-electron chi connectivity index (χ1n) is 7.99. The summed E-state index contributed by atoms with van der Waals surface area (Å²) >= 11 is 11.4. The predicted molar refractivity (Wildman–Crippen MR) is 104 cm³/mol. The van der Waals surface area contributed by atoms with E-state index < -0.39 is 0 Å².